The SMILES string of the molecule is CC(C)CC(C=O)CN(O)C=O. The fourth-order valence-electron chi connectivity index (χ4n) is 1.06. The van der Waals surface area contributed by atoms with Crippen molar-refractivity contribution in [1.29, 1.82) is 0 Å². The van der Waals surface area contributed by atoms with Crippen molar-refractivity contribution in [3.05, 3.63) is 0 Å². The lowest BCUT2D eigenvalue weighted by molar-refractivity contribution is -0.153. The van der Waals surface area contributed by atoms with Crippen LogP contribution < -0.4 is 0 Å². The summed E-state index contributed by atoms with van der Waals surface area (Å²) in [4.78, 5) is 20.4. The molecule has 0 saturated heterocycles. The minimum atomic E-state index is -0.264. The van der Waals surface area contributed by atoms with E-state index in [1.807, 2.05) is 13.8 Å². The van der Waals surface area contributed by atoms with Crippen molar-refractivity contribution in [3.8, 4) is 0 Å². The first-order valence-electron chi connectivity index (χ1n) is 3.96. The van der Waals surface area contributed by atoms with Gasteiger partial charge in [-0.2, -0.15) is 0 Å². The van der Waals surface area contributed by atoms with Gasteiger partial charge in [0.2, 0.25) is 6.41 Å². The summed E-state index contributed by atoms with van der Waals surface area (Å²) in [6.07, 6.45) is 1.76. The fourth-order valence-corrected chi connectivity index (χ4v) is 1.06. The lowest BCUT2D eigenvalue weighted by atomic mass is 9.98. The van der Waals surface area contributed by atoms with Crippen LogP contribution in [0.2, 0.25) is 0 Å². The molecule has 0 saturated carbocycles. The van der Waals surface area contributed by atoms with Gasteiger partial charge in [-0.3, -0.25) is 10.0 Å². The highest BCUT2D eigenvalue weighted by molar-refractivity contribution is 5.55. The number of aldehydes is 1. The Balaban J connectivity index is 3.82. The van der Waals surface area contributed by atoms with Crippen LogP contribution in [0.1, 0.15) is 20.3 Å². The lowest BCUT2D eigenvalue weighted by Gasteiger charge is -2.15. The van der Waals surface area contributed by atoms with Gasteiger partial charge in [0, 0.05) is 5.92 Å². The molecule has 0 radical (unpaired) electrons. The van der Waals surface area contributed by atoms with Crippen molar-refractivity contribution in [3.63, 3.8) is 0 Å². The predicted octanol–water partition coefficient (Wildman–Crippen LogP) is 0.695. The molecule has 0 aromatic rings. The van der Waals surface area contributed by atoms with Crippen molar-refractivity contribution < 1.29 is 14.8 Å². The number of hydrogen-bond acceptors (Lipinski definition) is 3. The smallest absolute Gasteiger partial charge is 0.233 e. The van der Waals surface area contributed by atoms with E-state index in [1.165, 1.54) is 0 Å². The second kappa shape index (κ2) is 5.71. The standard InChI is InChI=1S/C8H15NO3/c1-7(2)3-8(5-10)4-9(12)6-11/h5-8,12H,3-4H2,1-2H3. The number of amides is 1. The zero-order valence-electron chi connectivity index (χ0n) is 7.43. The molecule has 0 aliphatic heterocycles. The fraction of sp³-hybridized carbons (Fsp3) is 0.750. The Hall–Kier alpha value is -0.900. The molecule has 12 heavy (non-hydrogen) atoms. The highest BCUT2D eigenvalue weighted by Crippen LogP contribution is 2.09. The van der Waals surface area contributed by atoms with E-state index in [1.54, 1.807) is 0 Å². The molecule has 0 rings (SSSR count). The first-order chi connectivity index (χ1) is 5.60. The Bertz CT molecular complexity index is 147. The summed E-state index contributed by atoms with van der Waals surface area (Å²) in [6.45, 7) is 4.06. The molecule has 0 spiro atoms. The Morgan fingerprint density at radius 1 is 1.42 bits per heavy atom. The monoisotopic (exact) mass is 173 g/mol. The summed E-state index contributed by atoms with van der Waals surface area (Å²) >= 11 is 0. The number of nitrogens with zero attached hydrogens (tertiary/aromatic N) is 1. The van der Waals surface area contributed by atoms with Gasteiger partial charge in [0.25, 0.3) is 0 Å². The van der Waals surface area contributed by atoms with Gasteiger partial charge in [-0.15, -0.1) is 0 Å². The van der Waals surface area contributed by atoms with Crippen molar-refractivity contribution >= 4 is 12.7 Å². The van der Waals surface area contributed by atoms with E-state index < -0.39 is 0 Å². The molecule has 4 nitrogen and oxygen atoms in total. The van der Waals surface area contributed by atoms with Crippen LogP contribution in [0.3, 0.4) is 0 Å². The molecule has 1 amide bonds. The quantitative estimate of drug-likeness (QED) is 0.365. The van der Waals surface area contributed by atoms with E-state index in [9.17, 15) is 9.59 Å². The summed E-state index contributed by atoms with van der Waals surface area (Å²) in [7, 11) is 0. The van der Waals surface area contributed by atoms with Crippen LogP contribution in [0.4, 0.5) is 0 Å². The Kier molecular flexibility index (Phi) is 5.28. The van der Waals surface area contributed by atoms with E-state index in [-0.39, 0.29) is 12.5 Å². The minimum Gasteiger partial charge on any atom is -0.303 e. The number of carbonyl (C=O) groups is 2. The molecule has 0 fully saturated rings. The van der Waals surface area contributed by atoms with Gasteiger partial charge in [0.1, 0.15) is 6.29 Å². The van der Waals surface area contributed by atoms with Crippen LogP contribution in [0.25, 0.3) is 0 Å². The number of carbonyl (C=O) groups excluding carboxylic acids is 2. The molecule has 1 atom stereocenters. The summed E-state index contributed by atoms with van der Waals surface area (Å²) < 4.78 is 0. The first-order valence-corrected chi connectivity index (χ1v) is 3.96. The summed E-state index contributed by atoms with van der Waals surface area (Å²) in [6, 6.07) is 0. The van der Waals surface area contributed by atoms with Crippen LogP contribution in [-0.4, -0.2) is 29.5 Å². The molecule has 1 unspecified atom stereocenters. The molecule has 70 valence electrons. The zero-order chi connectivity index (χ0) is 9.56. The average Bonchev–Trinajstić information content (AvgIpc) is 2.02. The summed E-state index contributed by atoms with van der Waals surface area (Å²) in [5, 5.41) is 9.28. The lowest BCUT2D eigenvalue weighted by Crippen LogP contribution is -2.26. The third-order valence-corrected chi connectivity index (χ3v) is 1.51. The maximum atomic E-state index is 10.4. The van der Waals surface area contributed by atoms with Crippen molar-refractivity contribution in [2.45, 2.75) is 20.3 Å². The van der Waals surface area contributed by atoms with Crippen LogP contribution in [0.5, 0.6) is 0 Å². The summed E-state index contributed by atoms with van der Waals surface area (Å²) in [5.41, 5.74) is 0. The van der Waals surface area contributed by atoms with Gasteiger partial charge in [0.05, 0.1) is 6.54 Å². The van der Waals surface area contributed by atoms with Crippen molar-refractivity contribution in [1.82, 2.24) is 5.06 Å². The third-order valence-electron chi connectivity index (χ3n) is 1.51. The van der Waals surface area contributed by atoms with Gasteiger partial charge in [-0.1, -0.05) is 13.8 Å². The Morgan fingerprint density at radius 2 is 2.00 bits per heavy atom. The second-order valence-corrected chi connectivity index (χ2v) is 3.25. The van der Waals surface area contributed by atoms with E-state index in [4.69, 9.17) is 5.21 Å². The van der Waals surface area contributed by atoms with Crippen molar-refractivity contribution in [2.75, 3.05) is 6.54 Å². The molecule has 0 aromatic heterocycles. The topological polar surface area (TPSA) is 57.6 Å². The molecular weight excluding hydrogens is 158 g/mol. The normalized spacial score (nSPS) is 12.7. The number of hydrogen-bond donors (Lipinski definition) is 1. The zero-order valence-corrected chi connectivity index (χ0v) is 7.43. The molecular formula is C8H15NO3. The molecule has 1 N–H and O–H groups in total. The largest absolute Gasteiger partial charge is 0.303 e. The highest BCUT2D eigenvalue weighted by Gasteiger charge is 2.12. The van der Waals surface area contributed by atoms with Crippen LogP contribution in [0, 0.1) is 11.8 Å². The maximum Gasteiger partial charge on any atom is 0.233 e. The van der Waals surface area contributed by atoms with Gasteiger partial charge < -0.3 is 4.79 Å². The highest BCUT2D eigenvalue weighted by atomic mass is 16.5. The third kappa shape index (κ3) is 4.85. The van der Waals surface area contributed by atoms with E-state index >= 15 is 0 Å². The van der Waals surface area contributed by atoms with Crippen LogP contribution in [0.15, 0.2) is 0 Å². The van der Waals surface area contributed by atoms with Crippen molar-refractivity contribution in [2.24, 2.45) is 11.8 Å². The van der Waals surface area contributed by atoms with E-state index in [0.29, 0.717) is 23.8 Å². The predicted molar refractivity (Wildman–Crippen MR) is 43.6 cm³/mol. The van der Waals surface area contributed by atoms with E-state index in [2.05, 4.69) is 0 Å². The molecule has 4 heteroatoms. The number of rotatable bonds is 6. The van der Waals surface area contributed by atoms with E-state index in [0.717, 1.165) is 6.29 Å². The number of hydroxylamine groups is 2. The van der Waals surface area contributed by atoms with Crippen LogP contribution >= 0.6 is 0 Å². The van der Waals surface area contributed by atoms with Gasteiger partial charge in [0.15, 0.2) is 0 Å². The Morgan fingerprint density at radius 3 is 2.33 bits per heavy atom. The van der Waals surface area contributed by atoms with Gasteiger partial charge in [-0.05, 0) is 12.3 Å². The van der Waals surface area contributed by atoms with Gasteiger partial charge in [-0.25, -0.2) is 5.06 Å². The molecule has 0 aliphatic rings. The molecule has 0 heterocycles. The van der Waals surface area contributed by atoms with Gasteiger partial charge >= 0.3 is 0 Å². The first kappa shape index (κ1) is 11.1. The second-order valence-electron chi connectivity index (χ2n) is 3.25. The summed E-state index contributed by atoms with van der Waals surface area (Å²) in [5.74, 6) is 0.125. The molecule has 0 aromatic carbocycles. The van der Waals surface area contributed by atoms with Crippen LogP contribution in [-0.2, 0) is 9.59 Å². The molecule has 0 bridgehead atoms. The minimum absolute atomic E-state index is 0.0885. The average molecular weight is 173 g/mol. The maximum absolute atomic E-state index is 10.4. The Labute approximate surface area is 72.1 Å². The molecule has 0 aliphatic carbocycles.